The van der Waals surface area contributed by atoms with Gasteiger partial charge >= 0.3 is 5.97 Å². The van der Waals surface area contributed by atoms with Crippen molar-refractivity contribution < 1.29 is 19.0 Å². The second-order valence-electron chi connectivity index (χ2n) is 8.87. The molecule has 2 aromatic carbocycles. The molecule has 1 aliphatic heterocycles. The molecule has 3 heterocycles. The van der Waals surface area contributed by atoms with Crippen LogP contribution < -0.4 is 4.74 Å². The maximum Gasteiger partial charge on any atom is 0.335 e. The lowest BCUT2D eigenvalue weighted by molar-refractivity contribution is 0.0696. The van der Waals surface area contributed by atoms with Gasteiger partial charge in [0.25, 0.3) is 0 Å². The third-order valence-electron chi connectivity index (χ3n) is 6.86. The zero-order chi connectivity index (χ0) is 23.8. The predicted octanol–water partition coefficient (Wildman–Crippen LogP) is 5.10. The number of piperidine rings is 1. The van der Waals surface area contributed by atoms with Gasteiger partial charge in [0.15, 0.2) is 5.82 Å². The van der Waals surface area contributed by atoms with E-state index in [2.05, 4.69) is 34.0 Å². The molecule has 2 aromatic heterocycles. The van der Waals surface area contributed by atoms with Crippen molar-refractivity contribution >= 4 is 16.9 Å². The summed E-state index contributed by atoms with van der Waals surface area (Å²) >= 11 is 0. The molecule has 0 amide bonds. The van der Waals surface area contributed by atoms with Gasteiger partial charge in [0.1, 0.15) is 5.75 Å². The number of aromatic nitrogens is 3. The topological polar surface area (TPSA) is 83.4 Å². The second kappa shape index (κ2) is 8.95. The highest BCUT2D eigenvalue weighted by Crippen LogP contribution is 2.40. The Morgan fingerprint density at radius 2 is 2.09 bits per heavy atom. The maximum atomic E-state index is 13.7. The Bertz CT molecular complexity index is 1330. The first kappa shape index (κ1) is 22.2. The van der Waals surface area contributed by atoms with E-state index in [1.807, 2.05) is 18.3 Å². The van der Waals surface area contributed by atoms with Crippen LogP contribution in [0.25, 0.3) is 10.9 Å². The van der Waals surface area contributed by atoms with Gasteiger partial charge in [0.2, 0.25) is 0 Å². The highest BCUT2D eigenvalue weighted by molar-refractivity contribution is 5.88. The van der Waals surface area contributed by atoms with Gasteiger partial charge in [-0.1, -0.05) is 12.1 Å². The molecule has 0 aliphatic carbocycles. The SMILES string of the molecule is COc1cc(C)c2[nH]ccc2c1CN1CC[C@@H](n2cc(F)cn2)C[C@H]1c1ccc(C(=O)O)cc1. The third kappa shape index (κ3) is 4.05. The molecule has 0 bridgehead atoms. The Kier molecular flexibility index (Phi) is 5.83. The number of fused-ring (bicyclic) bond motifs is 1. The number of methoxy groups -OCH3 is 1. The number of halogens is 1. The molecular weight excluding hydrogens is 435 g/mol. The Labute approximate surface area is 196 Å². The third-order valence-corrected chi connectivity index (χ3v) is 6.86. The van der Waals surface area contributed by atoms with Gasteiger partial charge in [0.05, 0.1) is 31.1 Å². The Balaban J connectivity index is 1.51. The van der Waals surface area contributed by atoms with Gasteiger partial charge < -0.3 is 14.8 Å². The van der Waals surface area contributed by atoms with Crippen molar-refractivity contribution in [3.05, 3.63) is 83.1 Å². The number of rotatable bonds is 6. The predicted molar refractivity (Wildman–Crippen MR) is 127 cm³/mol. The smallest absolute Gasteiger partial charge is 0.335 e. The number of H-pyrrole nitrogens is 1. The van der Waals surface area contributed by atoms with Crippen LogP contribution in [0.5, 0.6) is 5.75 Å². The van der Waals surface area contributed by atoms with Gasteiger partial charge in [-0.2, -0.15) is 5.10 Å². The maximum absolute atomic E-state index is 13.7. The van der Waals surface area contributed by atoms with Crippen LogP contribution >= 0.6 is 0 Å². The molecule has 1 fully saturated rings. The first-order valence-electron chi connectivity index (χ1n) is 11.3. The molecule has 2 N–H and O–H groups in total. The summed E-state index contributed by atoms with van der Waals surface area (Å²) < 4.78 is 21.1. The Morgan fingerprint density at radius 3 is 2.76 bits per heavy atom. The molecule has 2 atom stereocenters. The lowest BCUT2D eigenvalue weighted by atomic mass is 9.90. The fourth-order valence-corrected chi connectivity index (χ4v) is 5.12. The average Bonchev–Trinajstić information content (AvgIpc) is 3.51. The van der Waals surface area contributed by atoms with Crippen molar-refractivity contribution in [3.8, 4) is 5.75 Å². The van der Waals surface area contributed by atoms with Crippen molar-refractivity contribution in [1.29, 1.82) is 0 Å². The average molecular weight is 463 g/mol. The van der Waals surface area contributed by atoms with Crippen LogP contribution in [0.3, 0.4) is 0 Å². The number of nitrogens with one attached hydrogen (secondary N) is 1. The standard InChI is InChI=1S/C26H27FN4O3/c1-16-11-24(34-2)22(21-7-9-28-25(16)21)15-30-10-8-20(31-14-19(27)13-29-31)12-23(30)17-3-5-18(6-4-17)26(32)33/h3-7,9,11,13-14,20,23,28H,8,10,12,15H2,1-2H3,(H,32,33)/t20-,23+/m1/s1. The summed E-state index contributed by atoms with van der Waals surface area (Å²) in [5.74, 6) is -0.443. The summed E-state index contributed by atoms with van der Waals surface area (Å²) in [6, 6.07) is 11.2. The molecule has 4 aromatic rings. The minimum absolute atomic E-state index is 0.00820. The molecule has 176 valence electrons. The number of ether oxygens (including phenoxy) is 1. The van der Waals surface area contributed by atoms with Gasteiger partial charge in [-0.05, 0) is 55.2 Å². The number of hydrogen-bond donors (Lipinski definition) is 2. The van der Waals surface area contributed by atoms with Crippen molar-refractivity contribution in [3.63, 3.8) is 0 Å². The summed E-state index contributed by atoms with van der Waals surface area (Å²) in [7, 11) is 1.69. The minimum atomic E-state index is -0.948. The van der Waals surface area contributed by atoms with Gasteiger partial charge in [-0.15, -0.1) is 0 Å². The summed E-state index contributed by atoms with van der Waals surface area (Å²) in [5.41, 5.74) is 4.62. The number of carboxylic acid groups (broad SMARTS) is 1. The van der Waals surface area contributed by atoms with Gasteiger partial charge in [-0.25, -0.2) is 9.18 Å². The number of nitrogens with zero attached hydrogens (tertiary/aromatic N) is 3. The number of carboxylic acids is 1. The van der Waals surface area contributed by atoms with Crippen LogP contribution in [0.15, 0.2) is 55.0 Å². The van der Waals surface area contributed by atoms with Crippen LogP contribution in [-0.4, -0.2) is 44.4 Å². The van der Waals surface area contributed by atoms with E-state index in [4.69, 9.17) is 4.74 Å². The number of aromatic carboxylic acids is 1. The first-order valence-corrected chi connectivity index (χ1v) is 11.3. The Morgan fingerprint density at radius 1 is 1.29 bits per heavy atom. The molecule has 0 spiro atoms. The van der Waals surface area contributed by atoms with Crippen LogP contribution in [0.2, 0.25) is 0 Å². The van der Waals surface area contributed by atoms with E-state index < -0.39 is 5.97 Å². The lowest BCUT2D eigenvalue weighted by Gasteiger charge is -2.40. The molecule has 0 radical (unpaired) electrons. The van der Waals surface area contributed by atoms with Crippen molar-refractivity contribution in [1.82, 2.24) is 19.7 Å². The lowest BCUT2D eigenvalue weighted by Crippen LogP contribution is -2.37. The van der Waals surface area contributed by atoms with E-state index >= 15 is 0 Å². The van der Waals surface area contributed by atoms with E-state index in [0.29, 0.717) is 6.54 Å². The molecular formula is C26H27FN4O3. The van der Waals surface area contributed by atoms with Crippen LogP contribution in [0.4, 0.5) is 4.39 Å². The summed E-state index contributed by atoms with van der Waals surface area (Å²) in [6.07, 6.45) is 6.19. The minimum Gasteiger partial charge on any atom is -0.496 e. The molecule has 34 heavy (non-hydrogen) atoms. The first-order chi connectivity index (χ1) is 16.4. The summed E-state index contributed by atoms with van der Waals surface area (Å²) in [4.78, 5) is 17.1. The molecule has 0 saturated carbocycles. The monoisotopic (exact) mass is 462 g/mol. The number of aromatic amines is 1. The quantitative estimate of drug-likeness (QED) is 0.417. The summed E-state index contributed by atoms with van der Waals surface area (Å²) in [6.45, 7) is 3.51. The highest BCUT2D eigenvalue weighted by Gasteiger charge is 2.32. The van der Waals surface area contributed by atoms with E-state index in [9.17, 15) is 14.3 Å². The number of likely N-dealkylation sites (tertiary alicyclic amines) is 1. The second-order valence-corrected chi connectivity index (χ2v) is 8.87. The highest BCUT2D eigenvalue weighted by atomic mass is 19.1. The number of benzene rings is 2. The van der Waals surface area contributed by atoms with E-state index in [1.165, 1.54) is 12.4 Å². The zero-order valence-electron chi connectivity index (χ0n) is 19.2. The zero-order valence-corrected chi connectivity index (χ0v) is 19.2. The van der Waals surface area contributed by atoms with E-state index in [1.54, 1.807) is 23.9 Å². The van der Waals surface area contributed by atoms with Crippen LogP contribution in [0, 0.1) is 12.7 Å². The van der Waals surface area contributed by atoms with Gasteiger partial charge in [-0.3, -0.25) is 9.58 Å². The van der Waals surface area contributed by atoms with Crippen LogP contribution in [-0.2, 0) is 6.54 Å². The normalized spacial score (nSPS) is 18.9. The van der Waals surface area contributed by atoms with Crippen molar-refractivity contribution in [2.24, 2.45) is 0 Å². The van der Waals surface area contributed by atoms with E-state index in [0.717, 1.165) is 52.7 Å². The largest absolute Gasteiger partial charge is 0.496 e. The van der Waals surface area contributed by atoms with Crippen molar-refractivity contribution in [2.45, 2.75) is 38.4 Å². The fraction of sp³-hybridized carbons (Fsp3) is 0.308. The van der Waals surface area contributed by atoms with Gasteiger partial charge in [0, 0.05) is 41.8 Å². The molecule has 5 rings (SSSR count). The summed E-state index contributed by atoms with van der Waals surface area (Å²) in [5, 5.41) is 14.7. The fourth-order valence-electron chi connectivity index (χ4n) is 5.12. The van der Waals surface area contributed by atoms with E-state index in [-0.39, 0.29) is 23.5 Å². The Hall–Kier alpha value is -3.65. The molecule has 7 nitrogen and oxygen atoms in total. The van der Waals surface area contributed by atoms with Crippen LogP contribution in [0.1, 0.15) is 52.0 Å². The number of aryl methyl sites for hydroxylation is 1. The molecule has 0 unspecified atom stereocenters. The molecule has 8 heteroatoms. The molecule has 1 saturated heterocycles. The molecule has 1 aliphatic rings. The number of hydrogen-bond acceptors (Lipinski definition) is 4. The number of carbonyl (C=O) groups is 1. The van der Waals surface area contributed by atoms with Crippen molar-refractivity contribution in [2.75, 3.05) is 13.7 Å².